The van der Waals surface area contributed by atoms with Crippen LogP contribution in [0.1, 0.15) is 21.5 Å². The van der Waals surface area contributed by atoms with Crippen LogP contribution in [0, 0.1) is 6.92 Å². The van der Waals surface area contributed by atoms with E-state index in [-0.39, 0.29) is 6.73 Å². The van der Waals surface area contributed by atoms with E-state index in [0.29, 0.717) is 23.4 Å². The molecule has 0 amide bonds. The Kier molecular flexibility index (Phi) is 4.90. The summed E-state index contributed by atoms with van der Waals surface area (Å²) in [6, 6.07) is 20.6. The molecule has 1 aliphatic rings. The van der Waals surface area contributed by atoms with Gasteiger partial charge in [0.1, 0.15) is 11.3 Å². The zero-order chi connectivity index (χ0) is 22.2. The summed E-state index contributed by atoms with van der Waals surface area (Å²) in [7, 11) is 1.37. The first kappa shape index (κ1) is 19.9. The standard InChI is InChI=1S/C26H21NO5/c1-16-24-18(14-27(15-31-24)22-11-7-6-10-19(22)26(29)30-2)12-21-20(13-23(28)32-25(16)21)17-8-4-3-5-9-17/h3-13H,14-15H2,1-2H3. The van der Waals surface area contributed by atoms with Crippen molar-refractivity contribution in [1.82, 2.24) is 0 Å². The van der Waals surface area contributed by atoms with Gasteiger partial charge in [-0.2, -0.15) is 0 Å². The molecule has 1 aromatic heterocycles. The topological polar surface area (TPSA) is 69.0 Å². The number of hydrogen-bond acceptors (Lipinski definition) is 6. The summed E-state index contributed by atoms with van der Waals surface area (Å²) in [5, 5.41) is 0.846. The van der Waals surface area contributed by atoms with E-state index >= 15 is 0 Å². The molecule has 0 N–H and O–H groups in total. The van der Waals surface area contributed by atoms with Gasteiger partial charge in [-0.05, 0) is 36.2 Å². The third kappa shape index (κ3) is 3.30. The highest BCUT2D eigenvalue weighted by Crippen LogP contribution is 2.39. The summed E-state index contributed by atoms with van der Waals surface area (Å²) < 4.78 is 16.6. The average Bonchev–Trinajstić information content (AvgIpc) is 2.84. The Morgan fingerprint density at radius 1 is 1.03 bits per heavy atom. The predicted octanol–water partition coefficient (Wildman–Crippen LogP) is 4.91. The maximum atomic E-state index is 12.3. The number of nitrogens with zero attached hydrogens (tertiary/aromatic N) is 1. The number of methoxy groups -OCH3 is 1. The highest BCUT2D eigenvalue weighted by molar-refractivity contribution is 5.97. The van der Waals surface area contributed by atoms with Crippen molar-refractivity contribution in [2.24, 2.45) is 0 Å². The predicted molar refractivity (Wildman–Crippen MR) is 122 cm³/mol. The number of fused-ring (bicyclic) bond motifs is 2. The molecule has 0 unspecified atom stereocenters. The fraction of sp³-hybridized carbons (Fsp3) is 0.154. The summed E-state index contributed by atoms with van der Waals surface area (Å²) in [4.78, 5) is 26.5. The third-order valence-corrected chi connectivity index (χ3v) is 5.75. The van der Waals surface area contributed by atoms with E-state index in [2.05, 4.69) is 0 Å². The number of carbonyl (C=O) groups excluding carboxylic acids is 1. The first-order valence-electron chi connectivity index (χ1n) is 10.3. The van der Waals surface area contributed by atoms with Crippen LogP contribution in [0.4, 0.5) is 5.69 Å². The van der Waals surface area contributed by atoms with Crippen LogP contribution in [-0.2, 0) is 11.3 Å². The Bertz CT molecular complexity index is 1390. The lowest BCUT2D eigenvalue weighted by Crippen LogP contribution is -2.33. The van der Waals surface area contributed by atoms with Gasteiger partial charge in [0.15, 0.2) is 6.73 Å². The lowest BCUT2D eigenvalue weighted by molar-refractivity contribution is 0.0601. The van der Waals surface area contributed by atoms with Crippen molar-refractivity contribution in [2.45, 2.75) is 13.5 Å². The summed E-state index contributed by atoms with van der Waals surface area (Å²) in [6.07, 6.45) is 0. The molecule has 0 saturated carbocycles. The monoisotopic (exact) mass is 427 g/mol. The van der Waals surface area contributed by atoms with Gasteiger partial charge >= 0.3 is 11.6 Å². The van der Waals surface area contributed by atoms with Crippen LogP contribution in [0.2, 0.25) is 0 Å². The number of ether oxygens (including phenoxy) is 2. The minimum atomic E-state index is -0.399. The van der Waals surface area contributed by atoms with Gasteiger partial charge in [-0.15, -0.1) is 0 Å². The zero-order valence-corrected chi connectivity index (χ0v) is 17.8. The molecule has 0 bridgehead atoms. The van der Waals surface area contributed by atoms with Crippen LogP contribution >= 0.6 is 0 Å². The molecule has 6 heteroatoms. The Labute approximate surface area is 184 Å². The molecule has 1 aliphatic heterocycles. The largest absolute Gasteiger partial charge is 0.472 e. The van der Waals surface area contributed by atoms with E-state index in [1.165, 1.54) is 13.2 Å². The van der Waals surface area contributed by atoms with Crippen molar-refractivity contribution in [3.8, 4) is 16.9 Å². The first-order chi connectivity index (χ1) is 15.6. The van der Waals surface area contributed by atoms with E-state index in [4.69, 9.17) is 13.9 Å². The minimum Gasteiger partial charge on any atom is -0.472 e. The first-order valence-corrected chi connectivity index (χ1v) is 10.3. The van der Waals surface area contributed by atoms with Gasteiger partial charge in [0, 0.05) is 29.1 Å². The van der Waals surface area contributed by atoms with E-state index in [1.807, 2.05) is 60.4 Å². The normalized spacial score (nSPS) is 12.9. The molecular weight excluding hydrogens is 406 g/mol. The third-order valence-electron chi connectivity index (χ3n) is 5.75. The summed E-state index contributed by atoms with van der Waals surface area (Å²) in [5.74, 6) is 0.312. The van der Waals surface area contributed by atoms with Gasteiger partial charge in [0.25, 0.3) is 0 Å². The van der Waals surface area contributed by atoms with Crippen molar-refractivity contribution in [2.75, 3.05) is 18.7 Å². The van der Waals surface area contributed by atoms with Gasteiger partial charge in [0.05, 0.1) is 18.4 Å². The number of para-hydroxylation sites is 1. The molecule has 32 heavy (non-hydrogen) atoms. The molecule has 3 aromatic carbocycles. The number of hydrogen-bond donors (Lipinski definition) is 0. The Morgan fingerprint density at radius 3 is 2.56 bits per heavy atom. The molecular formula is C26H21NO5. The summed E-state index contributed by atoms with van der Waals surface area (Å²) in [5.41, 5.74) is 4.84. The molecule has 4 aromatic rings. The number of rotatable bonds is 3. The van der Waals surface area contributed by atoms with Crippen molar-refractivity contribution in [3.63, 3.8) is 0 Å². The molecule has 0 atom stereocenters. The molecule has 0 radical (unpaired) electrons. The molecule has 160 valence electrons. The average molecular weight is 427 g/mol. The maximum Gasteiger partial charge on any atom is 0.339 e. The highest BCUT2D eigenvalue weighted by Gasteiger charge is 2.26. The van der Waals surface area contributed by atoms with E-state index in [0.717, 1.165) is 33.3 Å². The number of anilines is 1. The van der Waals surface area contributed by atoms with Gasteiger partial charge in [-0.25, -0.2) is 9.59 Å². The van der Waals surface area contributed by atoms with E-state index < -0.39 is 11.6 Å². The van der Waals surface area contributed by atoms with Crippen molar-refractivity contribution < 1.29 is 18.7 Å². The van der Waals surface area contributed by atoms with Crippen molar-refractivity contribution >= 4 is 22.6 Å². The lowest BCUT2D eigenvalue weighted by atomic mass is 9.96. The molecule has 0 spiro atoms. The van der Waals surface area contributed by atoms with E-state index in [9.17, 15) is 9.59 Å². The van der Waals surface area contributed by atoms with Crippen LogP contribution in [0.15, 0.2) is 75.9 Å². The summed E-state index contributed by atoms with van der Waals surface area (Å²) >= 11 is 0. The second-order valence-corrected chi connectivity index (χ2v) is 7.69. The molecule has 6 nitrogen and oxygen atoms in total. The fourth-order valence-electron chi connectivity index (χ4n) is 4.26. The minimum absolute atomic E-state index is 0.260. The number of aryl methyl sites for hydroxylation is 1. The van der Waals surface area contributed by atoms with Crippen LogP contribution in [0.25, 0.3) is 22.1 Å². The van der Waals surface area contributed by atoms with Crippen molar-refractivity contribution in [1.29, 1.82) is 0 Å². The van der Waals surface area contributed by atoms with Crippen LogP contribution in [0.5, 0.6) is 5.75 Å². The Hall–Kier alpha value is -4.06. The van der Waals surface area contributed by atoms with Gasteiger partial charge in [-0.1, -0.05) is 42.5 Å². The van der Waals surface area contributed by atoms with Gasteiger partial charge < -0.3 is 18.8 Å². The molecule has 0 fully saturated rings. The zero-order valence-electron chi connectivity index (χ0n) is 17.8. The molecule has 0 saturated heterocycles. The number of carbonyl (C=O) groups is 1. The van der Waals surface area contributed by atoms with Crippen molar-refractivity contribution in [3.05, 3.63) is 93.8 Å². The highest BCUT2D eigenvalue weighted by atomic mass is 16.5. The van der Waals surface area contributed by atoms with Gasteiger partial charge in [-0.3, -0.25) is 0 Å². The lowest BCUT2D eigenvalue weighted by Gasteiger charge is -2.32. The Morgan fingerprint density at radius 2 is 1.78 bits per heavy atom. The maximum absolute atomic E-state index is 12.3. The van der Waals surface area contributed by atoms with Crippen LogP contribution in [0.3, 0.4) is 0 Å². The number of benzene rings is 3. The molecule has 0 aliphatic carbocycles. The quantitative estimate of drug-likeness (QED) is 0.342. The molecule has 2 heterocycles. The molecule has 5 rings (SSSR count). The van der Waals surface area contributed by atoms with Crippen LogP contribution in [-0.4, -0.2) is 19.8 Å². The van der Waals surface area contributed by atoms with Crippen LogP contribution < -0.4 is 15.3 Å². The Balaban J connectivity index is 1.65. The number of esters is 1. The SMILES string of the molecule is COC(=O)c1ccccc1N1COc2c(cc3c(-c4ccccc4)cc(=O)oc3c2C)C1. The fourth-order valence-corrected chi connectivity index (χ4v) is 4.26. The summed E-state index contributed by atoms with van der Waals surface area (Å²) in [6.45, 7) is 2.69. The van der Waals surface area contributed by atoms with Gasteiger partial charge in [0.2, 0.25) is 0 Å². The smallest absolute Gasteiger partial charge is 0.339 e. The second kappa shape index (κ2) is 7.89. The van der Waals surface area contributed by atoms with E-state index in [1.54, 1.807) is 12.1 Å². The second-order valence-electron chi connectivity index (χ2n) is 7.69.